The van der Waals surface area contributed by atoms with Gasteiger partial charge in [-0.15, -0.1) is 24.0 Å². The number of nitrogens with one attached hydrogen (secondary N) is 2. The van der Waals surface area contributed by atoms with E-state index in [2.05, 4.69) is 27.4 Å². The standard InChI is InChI=1S/C20H31F3N4O2.HI/c1-3-24-19(25-12-16(2)14-27-8-10-28-11-9-27)26-13-17-4-6-18(7-5-17)29-15-20(21,22)23;/h4-7,16H,3,8-15H2,1-2H3,(H2,24,25,26);1H. The predicted octanol–water partition coefficient (Wildman–Crippen LogP) is 3.27. The highest BCUT2D eigenvalue weighted by Crippen LogP contribution is 2.19. The van der Waals surface area contributed by atoms with Crippen molar-refractivity contribution in [3.8, 4) is 5.75 Å². The smallest absolute Gasteiger partial charge is 0.422 e. The van der Waals surface area contributed by atoms with Crippen molar-refractivity contribution in [3.63, 3.8) is 0 Å². The highest BCUT2D eigenvalue weighted by atomic mass is 127. The molecule has 1 saturated heterocycles. The van der Waals surface area contributed by atoms with Crippen molar-refractivity contribution in [2.45, 2.75) is 26.6 Å². The normalized spacial score (nSPS) is 16.5. The van der Waals surface area contributed by atoms with Gasteiger partial charge < -0.3 is 20.1 Å². The maximum absolute atomic E-state index is 12.2. The summed E-state index contributed by atoms with van der Waals surface area (Å²) in [5, 5.41) is 6.58. The van der Waals surface area contributed by atoms with Crippen LogP contribution in [0.3, 0.4) is 0 Å². The molecule has 10 heteroatoms. The average molecular weight is 544 g/mol. The van der Waals surface area contributed by atoms with Crippen LogP contribution < -0.4 is 15.4 Å². The van der Waals surface area contributed by atoms with E-state index >= 15 is 0 Å². The quantitative estimate of drug-likeness (QED) is 0.284. The van der Waals surface area contributed by atoms with Crippen molar-refractivity contribution in [2.24, 2.45) is 10.9 Å². The first-order valence-electron chi connectivity index (χ1n) is 9.96. The molecule has 6 nitrogen and oxygen atoms in total. The molecule has 1 atom stereocenters. The van der Waals surface area contributed by atoms with Crippen LogP contribution in [0.1, 0.15) is 19.4 Å². The summed E-state index contributed by atoms with van der Waals surface area (Å²) in [4.78, 5) is 6.96. The molecule has 30 heavy (non-hydrogen) atoms. The van der Waals surface area contributed by atoms with E-state index < -0.39 is 12.8 Å². The number of morpholine rings is 1. The molecule has 0 spiro atoms. The highest BCUT2D eigenvalue weighted by molar-refractivity contribution is 14.0. The molecule has 1 aromatic rings. The maximum Gasteiger partial charge on any atom is 0.422 e. The van der Waals surface area contributed by atoms with Gasteiger partial charge >= 0.3 is 6.18 Å². The van der Waals surface area contributed by atoms with Crippen molar-refractivity contribution in [1.82, 2.24) is 15.5 Å². The Morgan fingerprint density at radius 2 is 1.87 bits per heavy atom. The zero-order valence-electron chi connectivity index (χ0n) is 17.5. The van der Waals surface area contributed by atoms with Crippen LogP contribution in [0.25, 0.3) is 0 Å². The first kappa shape index (κ1) is 26.8. The summed E-state index contributed by atoms with van der Waals surface area (Å²) in [6.45, 7) is 9.43. The minimum atomic E-state index is -4.34. The molecule has 1 aromatic carbocycles. The number of guanidine groups is 1. The number of hydrogen-bond acceptors (Lipinski definition) is 4. The average Bonchev–Trinajstić information content (AvgIpc) is 2.69. The van der Waals surface area contributed by atoms with Crippen LogP contribution in [0, 0.1) is 5.92 Å². The summed E-state index contributed by atoms with van der Waals surface area (Å²) >= 11 is 0. The molecule has 1 unspecified atom stereocenters. The summed E-state index contributed by atoms with van der Waals surface area (Å²) in [6, 6.07) is 6.50. The Labute approximate surface area is 193 Å². The molecular formula is C20H32F3IN4O2. The van der Waals surface area contributed by atoms with Gasteiger partial charge in [0.2, 0.25) is 0 Å². The van der Waals surface area contributed by atoms with Crippen LogP contribution in [-0.4, -0.2) is 69.6 Å². The third-order valence-electron chi connectivity index (χ3n) is 4.38. The number of rotatable bonds is 9. The lowest BCUT2D eigenvalue weighted by Gasteiger charge is -2.29. The van der Waals surface area contributed by atoms with Crippen molar-refractivity contribution in [3.05, 3.63) is 29.8 Å². The SMILES string of the molecule is CCNC(=NCc1ccc(OCC(F)(F)F)cc1)NCC(C)CN1CCOCC1.I. The van der Waals surface area contributed by atoms with Crippen molar-refractivity contribution in [1.29, 1.82) is 0 Å². The lowest BCUT2D eigenvalue weighted by atomic mass is 10.1. The monoisotopic (exact) mass is 544 g/mol. The number of benzene rings is 1. The predicted molar refractivity (Wildman–Crippen MR) is 123 cm³/mol. The molecule has 2 rings (SSSR count). The van der Waals surface area contributed by atoms with Gasteiger partial charge in [-0.05, 0) is 30.5 Å². The molecule has 0 aliphatic carbocycles. The van der Waals surface area contributed by atoms with Crippen LogP contribution in [-0.2, 0) is 11.3 Å². The van der Waals surface area contributed by atoms with Gasteiger partial charge in [-0.3, -0.25) is 4.90 Å². The molecule has 0 saturated carbocycles. The maximum atomic E-state index is 12.2. The number of ether oxygens (including phenoxy) is 2. The van der Waals surface area contributed by atoms with Crippen LogP contribution in [0.4, 0.5) is 13.2 Å². The molecule has 1 fully saturated rings. The van der Waals surface area contributed by atoms with Gasteiger partial charge in [0.25, 0.3) is 0 Å². The summed E-state index contributed by atoms with van der Waals surface area (Å²) in [6.07, 6.45) is -4.34. The first-order chi connectivity index (χ1) is 13.9. The van der Waals surface area contributed by atoms with E-state index in [0.29, 0.717) is 12.5 Å². The minimum absolute atomic E-state index is 0. The zero-order chi connectivity index (χ0) is 21.1. The molecule has 1 aliphatic rings. The van der Waals surface area contributed by atoms with E-state index in [1.165, 1.54) is 12.1 Å². The van der Waals surface area contributed by atoms with E-state index in [9.17, 15) is 13.2 Å². The van der Waals surface area contributed by atoms with Gasteiger partial charge in [-0.25, -0.2) is 4.99 Å². The zero-order valence-corrected chi connectivity index (χ0v) is 19.8. The Kier molecular flexibility index (Phi) is 12.4. The third-order valence-corrected chi connectivity index (χ3v) is 4.38. The second-order valence-corrected chi connectivity index (χ2v) is 7.14. The molecule has 0 aromatic heterocycles. The van der Waals surface area contributed by atoms with Gasteiger partial charge in [0.1, 0.15) is 5.75 Å². The molecule has 172 valence electrons. The number of hydrogen-bond donors (Lipinski definition) is 2. The lowest BCUT2D eigenvalue weighted by Crippen LogP contribution is -2.44. The Hall–Kier alpha value is -1.27. The van der Waals surface area contributed by atoms with Crippen molar-refractivity contribution >= 4 is 29.9 Å². The Morgan fingerprint density at radius 3 is 2.47 bits per heavy atom. The van der Waals surface area contributed by atoms with Gasteiger partial charge in [0.05, 0.1) is 19.8 Å². The third kappa shape index (κ3) is 11.2. The summed E-state index contributed by atoms with van der Waals surface area (Å²) < 4.78 is 46.7. The molecule has 0 bridgehead atoms. The molecular weight excluding hydrogens is 512 g/mol. The van der Waals surface area contributed by atoms with E-state index in [0.717, 1.165) is 57.5 Å². The number of alkyl halides is 3. The molecule has 1 heterocycles. The molecule has 0 radical (unpaired) electrons. The Balaban J connectivity index is 0.00000450. The Morgan fingerprint density at radius 1 is 1.20 bits per heavy atom. The van der Waals surface area contributed by atoms with Crippen LogP contribution in [0.5, 0.6) is 5.75 Å². The minimum Gasteiger partial charge on any atom is -0.484 e. The fraction of sp³-hybridized carbons (Fsp3) is 0.650. The van der Waals surface area contributed by atoms with Crippen LogP contribution in [0.15, 0.2) is 29.3 Å². The molecule has 2 N–H and O–H groups in total. The van der Waals surface area contributed by atoms with Gasteiger partial charge in [0.15, 0.2) is 12.6 Å². The lowest BCUT2D eigenvalue weighted by molar-refractivity contribution is -0.153. The number of nitrogens with zero attached hydrogens (tertiary/aromatic N) is 2. The highest BCUT2D eigenvalue weighted by Gasteiger charge is 2.28. The van der Waals surface area contributed by atoms with Gasteiger partial charge in [-0.1, -0.05) is 19.1 Å². The second kappa shape index (κ2) is 13.9. The topological polar surface area (TPSA) is 58.1 Å². The van der Waals surface area contributed by atoms with E-state index in [1.54, 1.807) is 12.1 Å². The fourth-order valence-corrected chi connectivity index (χ4v) is 2.93. The van der Waals surface area contributed by atoms with E-state index in [4.69, 9.17) is 9.47 Å². The van der Waals surface area contributed by atoms with E-state index in [-0.39, 0.29) is 29.7 Å². The first-order valence-corrected chi connectivity index (χ1v) is 9.96. The summed E-state index contributed by atoms with van der Waals surface area (Å²) in [5.74, 6) is 1.37. The largest absolute Gasteiger partial charge is 0.484 e. The fourth-order valence-electron chi connectivity index (χ4n) is 2.93. The molecule has 1 aliphatic heterocycles. The summed E-state index contributed by atoms with van der Waals surface area (Å²) in [7, 11) is 0. The van der Waals surface area contributed by atoms with Crippen LogP contribution in [0.2, 0.25) is 0 Å². The van der Waals surface area contributed by atoms with Crippen molar-refractivity contribution in [2.75, 3.05) is 52.5 Å². The van der Waals surface area contributed by atoms with E-state index in [1.807, 2.05) is 6.92 Å². The number of aliphatic imine (C=N–C) groups is 1. The van der Waals surface area contributed by atoms with Crippen molar-refractivity contribution < 1.29 is 22.6 Å². The summed E-state index contributed by atoms with van der Waals surface area (Å²) in [5.41, 5.74) is 0.892. The van der Waals surface area contributed by atoms with Gasteiger partial charge in [0, 0.05) is 32.7 Å². The molecule has 0 amide bonds. The Bertz CT molecular complexity index is 623. The van der Waals surface area contributed by atoms with Crippen LogP contribution >= 0.6 is 24.0 Å². The van der Waals surface area contributed by atoms with Gasteiger partial charge in [-0.2, -0.15) is 13.2 Å². The number of halogens is 4. The second-order valence-electron chi connectivity index (χ2n) is 7.14.